The molecule has 1 spiro atoms. The number of nitrogens with one attached hydrogen (secondary N) is 2. The van der Waals surface area contributed by atoms with Crippen LogP contribution in [0.1, 0.15) is 97.5 Å². The molecule has 1 aromatic carbocycles. The Bertz CT molecular complexity index is 1150. The van der Waals surface area contributed by atoms with E-state index in [-0.39, 0.29) is 11.8 Å². The third-order valence-corrected chi connectivity index (χ3v) is 14.9. The molecule has 4 saturated carbocycles. The van der Waals surface area contributed by atoms with Gasteiger partial charge in [-0.05, 0) is 135 Å². The Morgan fingerprint density at radius 2 is 1.81 bits per heavy atom. The lowest BCUT2D eigenvalue weighted by molar-refractivity contribution is -0.134. The Labute approximate surface area is 265 Å². The van der Waals surface area contributed by atoms with Crippen molar-refractivity contribution in [1.82, 2.24) is 10.6 Å². The third-order valence-electron chi connectivity index (χ3n) is 14.3. The molecule has 42 heavy (non-hydrogen) atoms. The minimum absolute atomic E-state index is 0.0503. The van der Waals surface area contributed by atoms with Gasteiger partial charge in [0.1, 0.15) is 5.72 Å². The molecule has 6 heteroatoms. The summed E-state index contributed by atoms with van der Waals surface area (Å²) in [6.07, 6.45) is 14.7. The molecule has 2 aliphatic heterocycles. The topological polar surface area (TPSA) is 59.3 Å². The van der Waals surface area contributed by atoms with Crippen LogP contribution in [0.4, 0.5) is 0 Å². The van der Waals surface area contributed by atoms with Crippen LogP contribution in [0.5, 0.6) is 0 Å². The van der Waals surface area contributed by atoms with Crippen molar-refractivity contribution in [3.8, 4) is 0 Å². The van der Waals surface area contributed by atoms with Crippen LogP contribution in [0.2, 0.25) is 10.0 Å². The molecule has 2 heterocycles. The van der Waals surface area contributed by atoms with Crippen molar-refractivity contribution in [3.63, 3.8) is 0 Å². The van der Waals surface area contributed by atoms with Gasteiger partial charge in [-0.3, -0.25) is 5.32 Å². The van der Waals surface area contributed by atoms with E-state index in [1.54, 1.807) is 0 Å². The second-order valence-corrected chi connectivity index (χ2v) is 17.2. The van der Waals surface area contributed by atoms with Crippen LogP contribution in [-0.2, 0) is 11.2 Å². The van der Waals surface area contributed by atoms with E-state index in [0.717, 1.165) is 65.6 Å². The van der Waals surface area contributed by atoms with Crippen LogP contribution in [0, 0.1) is 52.3 Å². The molecule has 13 atom stereocenters. The lowest BCUT2D eigenvalue weighted by atomic mass is 9.44. The summed E-state index contributed by atoms with van der Waals surface area (Å²) in [5.74, 6) is 5.59. The van der Waals surface area contributed by atoms with E-state index in [0.29, 0.717) is 33.9 Å². The van der Waals surface area contributed by atoms with Crippen LogP contribution in [0.3, 0.4) is 0 Å². The van der Waals surface area contributed by atoms with Crippen molar-refractivity contribution in [2.45, 2.75) is 122 Å². The van der Waals surface area contributed by atoms with Crippen molar-refractivity contribution in [1.29, 1.82) is 0 Å². The van der Waals surface area contributed by atoms with E-state index < -0.39 is 0 Å². The van der Waals surface area contributed by atoms with Crippen LogP contribution in [0.25, 0.3) is 0 Å². The first-order valence-electron chi connectivity index (χ1n) is 17.4. The number of piperidine rings is 1. The number of benzene rings is 1. The van der Waals surface area contributed by atoms with Crippen molar-refractivity contribution < 1.29 is 4.74 Å². The number of ether oxygens (including phenoxy) is 1. The predicted molar refractivity (Wildman–Crippen MR) is 174 cm³/mol. The van der Waals surface area contributed by atoms with Gasteiger partial charge in [-0.15, -0.1) is 0 Å². The maximum atomic E-state index is 7.11. The monoisotopic (exact) mass is 615 g/mol. The Morgan fingerprint density at radius 3 is 2.57 bits per heavy atom. The molecule has 6 aliphatic rings. The molecular formula is C36H55Cl2N3O. The van der Waals surface area contributed by atoms with Crippen molar-refractivity contribution in [3.05, 3.63) is 33.8 Å². The smallest absolute Gasteiger partial charge is 0.122 e. The van der Waals surface area contributed by atoms with Gasteiger partial charge < -0.3 is 15.8 Å². The molecule has 0 amide bonds. The fourth-order valence-electron chi connectivity index (χ4n) is 12.0. The van der Waals surface area contributed by atoms with E-state index in [2.05, 4.69) is 38.3 Å². The molecule has 234 valence electrons. The molecule has 4 aliphatic carbocycles. The number of rotatable bonds is 5. The molecule has 0 aromatic heterocycles. The number of fused-ring (bicyclic) bond motifs is 7. The minimum Gasteiger partial charge on any atom is -0.357 e. The van der Waals surface area contributed by atoms with Crippen LogP contribution in [-0.4, -0.2) is 37.0 Å². The van der Waals surface area contributed by atoms with E-state index in [4.69, 9.17) is 33.7 Å². The number of hydrogen-bond donors (Lipinski definition) is 3. The summed E-state index contributed by atoms with van der Waals surface area (Å²) in [4.78, 5) is 0. The molecule has 7 rings (SSSR count). The Balaban J connectivity index is 0.974. The Kier molecular flexibility index (Phi) is 8.05. The number of hydrogen-bond acceptors (Lipinski definition) is 4. The summed E-state index contributed by atoms with van der Waals surface area (Å²) in [6, 6.07) is 6.38. The second-order valence-electron chi connectivity index (χ2n) is 16.4. The Morgan fingerprint density at radius 1 is 1.00 bits per heavy atom. The van der Waals surface area contributed by atoms with E-state index in [1.807, 2.05) is 18.2 Å². The highest BCUT2D eigenvalue weighted by Gasteiger charge is 2.68. The summed E-state index contributed by atoms with van der Waals surface area (Å²) >= 11 is 12.5. The van der Waals surface area contributed by atoms with E-state index >= 15 is 0 Å². The van der Waals surface area contributed by atoms with Gasteiger partial charge in [-0.1, -0.05) is 57.0 Å². The first-order chi connectivity index (χ1) is 20.0. The highest BCUT2D eigenvalue weighted by atomic mass is 35.5. The van der Waals surface area contributed by atoms with Gasteiger partial charge in [0.05, 0.1) is 6.10 Å². The largest absolute Gasteiger partial charge is 0.357 e. The molecule has 0 bridgehead atoms. The third kappa shape index (κ3) is 4.92. The van der Waals surface area contributed by atoms with Crippen molar-refractivity contribution in [2.75, 3.05) is 13.1 Å². The zero-order valence-electron chi connectivity index (χ0n) is 26.4. The highest BCUT2D eigenvalue weighted by molar-refractivity contribution is 6.35. The first-order valence-corrected chi connectivity index (χ1v) is 18.1. The van der Waals surface area contributed by atoms with E-state index in [1.165, 1.54) is 64.2 Å². The predicted octanol–water partition coefficient (Wildman–Crippen LogP) is 7.84. The first kappa shape index (κ1) is 30.3. The minimum atomic E-state index is -0.0503. The normalized spacial score (nSPS) is 48.8. The van der Waals surface area contributed by atoms with Gasteiger partial charge in [0, 0.05) is 41.1 Å². The van der Waals surface area contributed by atoms with Crippen LogP contribution < -0.4 is 16.4 Å². The average Bonchev–Trinajstić information content (AvgIpc) is 3.40. The molecule has 2 saturated heterocycles. The van der Waals surface area contributed by atoms with Gasteiger partial charge in [0.2, 0.25) is 0 Å². The average molecular weight is 617 g/mol. The second kappa shape index (κ2) is 11.2. The summed E-state index contributed by atoms with van der Waals surface area (Å²) in [5.41, 5.74) is 8.55. The fourth-order valence-corrected chi connectivity index (χ4v) is 12.5. The molecule has 6 fully saturated rings. The van der Waals surface area contributed by atoms with Gasteiger partial charge in [-0.2, -0.15) is 0 Å². The molecule has 0 radical (unpaired) electrons. The lowest BCUT2D eigenvalue weighted by Gasteiger charge is -2.61. The molecule has 4 N–H and O–H groups in total. The van der Waals surface area contributed by atoms with Gasteiger partial charge >= 0.3 is 0 Å². The fraction of sp³-hybridized carbons (Fsp3) is 0.833. The molecule has 1 unspecified atom stereocenters. The van der Waals surface area contributed by atoms with Crippen molar-refractivity contribution in [2.24, 2.45) is 58.0 Å². The summed E-state index contributed by atoms with van der Waals surface area (Å²) in [6.45, 7) is 12.3. The zero-order valence-corrected chi connectivity index (χ0v) is 28.0. The number of halogens is 2. The van der Waals surface area contributed by atoms with Gasteiger partial charge in [0.15, 0.2) is 0 Å². The Hall–Kier alpha value is -0.360. The van der Waals surface area contributed by atoms with E-state index in [9.17, 15) is 0 Å². The molecule has 1 aromatic rings. The summed E-state index contributed by atoms with van der Waals surface area (Å²) in [7, 11) is 0. The molecule has 4 nitrogen and oxygen atoms in total. The summed E-state index contributed by atoms with van der Waals surface area (Å²) in [5, 5.41) is 9.21. The number of nitrogens with two attached hydrogens (primary N) is 1. The maximum Gasteiger partial charge on any atom is 0.122 e. The van der Waals surface area contributed by atoms with Gasteiger partial charge in [0.25, 0.3) is 0 Å². The zero-order chi connectivity index (χ0) is 29.4. The van der Waals surface area contributed by atoms with Gasteiger partial charge in [-0.25, -0.2) is 0 Å². The quantitative estimate of drug-likeness (QED) is 0.316. The lowest BCUT2D eigenvalue weighted by Crippen LogP contribution is -2.58. The standard InChI is InChI=1S/C36H55Cl2N3O/c1-21-9-14-36(41-19-21)22(2)33-32(42-36)18-30-28-8-6-24-16-27(10-12-34(24,3)29(28)11-13-35(30,33)4)40-20-26(39)15-23-5-7-25(37)17-31(23)38/h5,7,17,21-22,24,26-30,32-33,40-41H,6,8-16,18-20,39H2,1-4H3/t21-,22-,24-,26-,27?,28+,29-,30-,32-,33-,34-,35-,36-/m0/s1. The SMILES string of the molecule is C[C@H]1CC[C@]2(NC1)O[C@H]1C[C@H]3[C@@H]4CC[C@H]5CC(NC[C@@H](N)Cc6ccc(Cl)cc6Cl)CC[C@]5(C)[C@H]4CC[C@]3(C)[C@H]1[C@@H]2C. The molecular weight excluding hydrogens is 561 g/mol. The van der Waals surface area contributed by atoms with Crippen LogP contribution >= 0.6 is 23.2 Å². The maximum absolute atomic E-state index is 7.11. The van der Waals surface area contributed by atoms with Crippen molar-refractivity contribution >= 4 is 23.2 Å². The highest BCUT2D eigenvalue weighted by Crippen LogP contribution is 2.71. The van der Waals surface area contributed by atoms with Crippen LogP contribution in [0.15, 0.2) is 18.2 Å². The summed E-state index contributed by atoms with van der Waals surface area (Å²) < 4.78 is 7.11.